The molecular weight excluding hydrogens is 330 g/mol. The number of likely N-dealkylation sites (tertiary alicyclic amines) is 1. The largest absolute Gasteiger partial charge is 0.466 e. The van der Waals surface area contributed by atoms with Crippen LogP contribution < -0.4 is 4.90 Å². The number of nitrogens with zero attached hydrogens (tertiary/aromatic N) is 2. The fraction of sp³-hybridized carbons (Fsp3) is 0.471. The van der Waals surface area contributed by atoms with Crippen LogP contribution in [0.4, 0.5) is 0 Å². The Hall–Kier alpha value is -1.92. The quantitative estimate of drug-likeness (QED) is 0.832. The van der Waals surface area contributed by atoms with Gasteiger partial charge in [-0.3, -0.25) is 4.79 Å². The lowest BCUT2D eigenvalue weighted by Crippen LogP contribution is -3.11. The average molecular weight is 351 g/mol. The summed E-state index contributed by atoms with van der Waals surface area (Å²) < 4.78 is 10.5. The summed E-state index contributed by atoms with van der Waals surface area (Å²) in [6.45, 7) is 4.77. The van der Waals surface area contributed by atoms with Gasteiger partial charge < -0.3 is 14.2 Å². The van der Waals surface area contributed by atoms with Crippen LogP contribution in [0.5, 0.6) is 0 Å². The van der Waals surface area contributed by atoms with Crippen molar-refractivity contribution in [3.8, 4) is 11.4 Å². The molecule has 0 bridgehead atoms. The van der Waals surface area contributed by atoms with Gasteiger partial charge in [0.1, 0.15) is 0 Å². The van der Waals surface area contributed by atoms with Crippen molar-refractivity contribution >= 4 is 17.6 Å². The molecule has 0 spiro atoms. The minimum absolute atomic E-state index is 0.0287. The Morgan fingerprint density at radius 1 is 1.33 bits per heavy atom. The molecule has 1 aliphatic rings. The van der Waals surface area contributed by atoms with E-state index >= 15 is 0 Å². The molecule has 0 unspecified atom stereocenters. The predicted octanol–water partition coefficient (Wildman–Crippen LogP) is 1.75. The molecule has 7 heteroatoms. The maximum absolute atomic E-state index is 11.8. The van der Waals surface area contributed by atoms with Gasteiger partial charge in [-0.05, 0) is 31.2 Å². The number of piperidine rings is 1. The normalized spacial score (nSPS) is 20.8. The van der Waals surface area contributed by atoms with E-state index in [9.17, 15) is 4.79 Å². The SMILES string of the molecule is CCOC(=O)C1CC[NH+](Cc2nc(-c3ccc(Cl)cc3)no2)CC1. The van der Waals surface area contributed by atoms with Crippen molar-refractivity contribution in [3.05, 3.63) is 35.2 Å². The van der Waals surface area contributed by atoms with Gasteiger partial charge in [-0.15, -0.1) is 0 Å². The van der Waals surface area contributed by atoms with E-state index in [1.165, 1.54) is 4.90 Å². The van der Waals surface area contributed by atoms with E-state index in [4.69, 9.17) is 20.9 Å². The van der Waals surface area contributed by atoms with Gasteiger partial charge in [0.05, 0.1) is 25.6 Å². The van der Waals surface area contributed by atoms with Gasteiger partial charge >= 0.3 is 5.97 Å². The smallest absolute Gasteiger partial charge is 0.309 e. The number of esters is 1. The number of rotatable bonds is 5. The highest BCUT2D eigenvalue weighted by Crippen LogP contribution is 2.18. The molecule has 1 aromatic carbocycles. The summed E-state index contributed by atoms with van der Waals surface area (Å²) in [6, 6.07) is 7.35. The lowest BCUT2D eigenvalue weighted by molar-refractivity contribution is -0.920. The summed E-state index contributed by atoms with van der Waals surface area (Å²) in [5.74, 6) is 1.15. The molecule has 6 nitrogen and oxygen atoms in total. The molecule has 0 aliphatic carbocycles. The number of carbonyl (C=O) groups is 1. The number of quaternary nitrogens is 1. The van der Waals surface area contributed by atoms with Crippen LogP contribution in [-0.4, -0.2) is 35.8 Å². The average Bonchev–Trinajstić information content (AvgIpc) is 3.05. The number of ether oxygens (including phenoxy) is 1. The van der Waals surface area contributed by atoms with Crippen LogP contribution in [0.25, 0.3) is 11.4 Å². The van der Waals surface area contributed by atoms with Gasteiger partial charge in [-0.1, -0.05) is 16.8 Å². The van der Waals surface area contributed by atoms with Crippen LogP contribution in [0.3, 0.4) is 0 Å². The first-order valence-electron chi connectivity index (χ1n) is 8.24. The molecular formula is C17H21ClN3O3+. The zero-order valence-corrected chi connectivity index (χ0v) is 14.4. The van der Waals surface area contributed by atoms with Crippen LogP contribution in [0.15, 0.2) is 28.8 Å². The molecule has 3 rings (SSSR count). The van der Waals surface area contributed by atoms with Crippen LogP contribution in [0, 0.1) is 5.92 Å². The minimum atomic E-state index is -0.0700. The van der Waals surface area contributed by atoms with E-state index in [-0.39, 0.29) is 11.9 Å². The molecule has 24 heavy (non-hydrogen) atoms. The predicted molar refractivity (Wildman–Crippen MR) is 88.5 cm³/mol. The summed E-state index contributed by atoms with van der Waals surface area (Å²) in [7, 11) is 0. The molecule has 0 radical (unpaired) electrons. The van der Waals surface area contributed by atoms with Crippen LogP contribution in [0.2, 0.25) is 5.02 Å². The first kappa shape index (κ1) is 16.9. The van der Waals surface area contributed by atoms with E-state index in [2.05, 4.69) is 10.1 Å². The minimum Gasteiger partial charge on any atom is -0.466 e. The Labute approximate surface area is 145 Å². The van der Waals surface area contributed by atoms with Gasteiger partial charge in [0.15, 0.2) is 6.54 Å². The lowest BCUT2D eigenvalue weighted by atomic mass is 9.97. The first-order valence-corrected chi connectivity index (χ1v) is 8.62. The summed E-state index contributed by atoms with van der Waals surface area (Å²) in [4.78, 5) is 17.6. The second-order valence-electron chi connectivity index (χ2n) is 5.97. The molecule has 1 aliphatic heterocycles. The van der Waals surface area contributed by atoms with Gasteiger partial charge in [0, 0.05) is 23.4 Å². The second-order valence-corrected chi connectivity index (χ2v) is 6.41. The number of hydrogen-bond donors (Lipinski definition) is 1. The molecule has 0 atom stereocenters. The van der Waals surface area contributed by atoms with Crippen LogP contribution >= 0.6 is 11.6 Å². The number of aromatic nitrogens is 2. The topological polar surface area (TPSA) is 69.7 Å². The Morgan fingerprint density at radius 2 is 2.04 bits per heavy atom. The molecule has 1 aromatic heterocycles. The third kappa shape index (κ3) is 4.13. The first-order chi connectivity index (χ1) is 11.7. The van der Waals surface area contributed by atoms with Crippen molar-refractivity contribution in [2.45, 2.75) is 26.3 Å². The molecule has 0 amide bonds. The Kier molecular flexibility index (Phi) is 5.48. The number of hydrogen-bond acceptors (Lipinski definition) is 5. The maximum Gasteiger partial charge on any atom is 0.309 e. The van der Waals surface area contributed by atoms with Crippen molar-refractivity contribution in [1.29, 1.82) is 0 Å². The van der Waals surface area contributed by atoms with E-state index in [1.807, 2.05) is 19.1 Å². The molecule has 1 fully saturated rings. The summed E-state index contributed by atoms with van der Waals surface area (Å²) in [6.07, 6.45) is 1.68. The number of halogens is 1. The van der Waals surface area contributed by atoms with Gasteiger partial charge in [0.2, 0.25) is 5.82 Å². The zero-order valence-electron chi connectivity index (χ0n) is 13.6. The standard InChI is InChI=1S/C17H20ClN3O3/c1-2-23-17(22)13-7-9-21(10-8-13)11-15-19-16(20-24-15)12-3-5-14(18)6-4-12/h3-6,13H,2,7-11H2,1H3/p+1. The van der Waals surface area contributed by atoms with Crippen LogP contribution in [-0.2, 0) is 16.1 Å². The maximum atomic E-state index is 11.8. The lowest BCUT2D eigenvalue weighted by Gasteiger charge is -2.26. The number of nitrogens with one attached hydrogen (secondary N) is 1. The Bertz CT molecular complexity index is 679. The second kappa shape index (κ2) is 7.77. The summed E-state index contributed by atoms with van der Waals surface area (Å²) in [5.41, 5.74) is 0.880. The highest BCUT2D eigenvalue weighted by atomic mass is 35.5. The van der Waals surface area contributed by atoms with Gasteiger partial charge in [-0.25, -0.2) is 0 Å². The fourth-order valence-electron chi connectivity index (χ4n) is 2.96. The third-order valence-corrected chi connectivity index (χ3v) is 4.54. The molecule has 1 N–H and O–H groups in total. The molecule has 1 saturated heterocycles. The fourth-order valence-corrected chi connectivity index (χ4v) is 3.08. The molecule has 2 heterocycles. The highest BCUT2D eigenvalue weighted by Gasteiger charge is 2.29. The van der Waals surface area contributed by atoms with E-state index in [0.717, 1.165) is 31.5 Å². The molecule has 0 saturated carbocycles. The van der Waals surface area contributed by atoms with Gasteiger partial charge in [-0.2, -0.15) is 4.98 Å². The monoisotopic (exact) mass is 350 g/mol. The van der Waals surface area contributed by atoms with Crippen molar-refractivity contribution < 1.29 is 19.0 Å². The summed E-state index contributed by atoms with van der Waals surface area (Å²) in [5, 5.41) is 4.71. The Balaban J connectivity index is 1.54. The van der Waals surface area contributed by atoms with E-state index in [1.54, 1.807) is 12.1 Å². The Morgan fingerprint density at radius 3 is 2.71 bits per heavy atom. The van der Waals surface area contributed by atoms with Crippen molar-refractivity contribution in [2.75, 3.05) is 19.7 Å². The summed E-state index contributed by atoms with van der Waals surface area (Å²) >= 11 is 5.89. The number of carbonyl (C=O) groups excluding carboxylic acids is 1. The van der Waals surface area contributed by atoms with Crippen molar-refractivity contribution in [2.24, 2.45) is 5.92 Å². The molecule has 2 aromatic rings. The van der Waals surface area contributed by atoms with E-state index in [0.29, 0.717) is 29.9 Å². The number of benzene rings is 1. The zero-order chi connectivity index (χ0) is 16.9. The van der Waals surface area contributed by atoms with Crippen LogP contribution in [0.1, 0.15) is 25.7 Å². The van der Waals surface area contributed by atoms with Gasteiger partial charge in [0.25, 0.3) is 5.89 Å². The van der Waals surface area contributed by atoms with E-state index < -0.39 is 0 Å². The highest BCUT2D eigenvalue weighted by molar-refractivity contribution is 6.30. The molecule has 128 valence electrons. The third-order valence-electron chi connectivity index (χ3n) is 4.28. The van der Waals surface area contributed by atoms with Crippen molar-refractivity contribution in [1.82, 2.24) is 10.1 Å². The van der Waals surface area contributed by atoms with Crippen molar-refractivity contribution in [3.63, 3.8) is 0 Å².